The number of rotatable bonds is 2. The van der Waals surface area contributed by atoms with Gasteiger partial charge in [0.1, 0.15) is 5.41 Å². The smallest absolute Gasteiger partial charge is 0.315 e. The fourth-order valence-electron chi connectivity index (χ4n) is 2.12. The molecule has 15 heavy (non-hydrogen) atoms. The zero-order chi connectivity index (χ0) is 11.1. The molecular weight excluding hydrogens is 258 g/mol. The van der Waals surface area contributed by atoms with Gasteiger partial charge in [-0.1, -0.05) is 6.42 Å². The van der Waals surface area contributed by atoms with Gasteiger partial charge in [0.05, 0.1) is 5.69 Å². The highest BCUT2D eigenvalue weighted by Crippen LogP contribution is 2.44. The number of nitrogens with zero attached hydrogens (tertiary/aromatic N) is 1. The van der Waals surface area contributed by atoms with Crippen LogP contribution in [0.3, 0.4) is 0 Å². The summed E-state index contributed by atoms with van der Waals surface area (Å²) in [7, 11) is 0. The van der Waals surface area contributed by atoms with Gasteiger partial charge < -0.3 is 5.11 Å². The van der Waals surface area contributed by atoms with Crippen molar-refractivity contribution in [2.24, 2.45) is 0 Å². The molecule has 3 nitrogen and oxygen atoms in total. The summed E-state index contributed by atoms with van der Waals surface area (Å²) in [5, 5.41) is 9.28. The molecule has 0 spiro atoms. The van der Waals surface area contributed by atoms with Crippen LogP contribution in [0.25, 0.3) is 0 Å². The Labute approximate surface area is 96.7 Å². The van der Waals surface area contributed by atoms with Gasteiger partial charge in [0.25, 0.3) is 0 Å². The Balaban J connectivity index is 2.48. The first-order chi connectivity index (χ1) is 7.06. The predicted molar refractivity (Wildman–Crippen MR) is 59.8 cm³/mol. The first-order valence-electron chi connectivity index (χ1n) is 4.92. The number of hydrogen-bond acceptors (Lipinski definition) is 2. The van der Waals surface area contributed by atoms with Gasteiger partial charge in [-0.2, -0.15) is 0 Å². The van der Waals surface area contributed by atoms with E-state index in [1.54, 1.807) is 6.20 Å². The normalized spacial score (nSPS) is 18.3. The Morgan fingerprint density at radius 1 is 1.60 bits per heavy atom. The van der Waals surface area contributed by atoms with Crippen LogP contribution in [0, 0.1) is 6.92 Å². The summed E-state index contributed by atoms with van der Waals surface area (Å²) in [4.78, 5) is 15.6. The third-order valence-electron chi connectivity index (χ3n) is 3.11. The molecule has 80 valence electrons. The van der Waals surface area contributed by atoms with Crippen LogP contribution in [0.4, 0.5) is 0 Å². The van der Waals surface area contributed by atoms with Gasteiger partial charge in [-0.15, -0.1) is 0 Å². The topological polar surface area (TPSA) is 50.2 Å². The van der Waals surface area contributed by atoms with E-state index in [0.29, 0.717) is 12.8 Å². The van der Waals surface area contributed by atoms with Crippen LogP contribution in [0.2, 0.25) is 0 Å². The average molecular weight is 270 g/mol. The molecule has 1 aromatic heterocycles. The average Bonchev–Trinajstić information content (AvgIpc) is 2.05. The molecule has 1 aromatic rings. The summed E-state index contributed by atoms with van der Waals surface area (Å²) in [6.45, 7) is 1.91. The highest BCUT2D eigenvalue weighted by molar-refractivity contribution is 9.10. The standard InChI is InChI=1S/C11H12BrNO2/c1-7-5-8(12)6-13-9(7)11(10(14)15)3-2-4-11/h5-6H,2-4H2,1H3,(H,14,15). The maximum Gasteiger partial charge on any atom is 0.315 e. The third kappa shape index (κ3) is 1.57. The van der Waals surface area contributed by atoms with Crippen molar-refractivity contribution in [3.05, 3.63) is 28.0 Å². The molecule has 1 aliphatic rings. The molecule has 0 bridgehead atoms. The molecule has 4 heteroatoms. The number of carbonyl (C=O) groups is 1. The number of aryl methyl sites for hydroxylation is 1. The molecule has 0 aromatic carbocycles. The molecule has 0 atom stereocenters. The lowest BCUT2D eigenvalue weighted by atomic mass is 9.65. The fourth-order valence-corrected chi connectivity index (χ4v) is 2.57. The molecule has 0 amide bonds. The summed E-state index contributed by atoms with van der Waals surface area (Å²) < 4.78 is 0.892. The largest absolute Gasteiger partial charge is 0.481 e. The zero-order valence-electron chi connectivity index (χ0n) is 8.46. The summed E-state index contributed by atoms with van der Waals surface area (Å²) in [6, 6.07) is 1.92. The number of aliphatic carboxylic acids is 1. The van der Waals surface area contributed by atoms with Crippen LogP contribution >= 0.6 is 15.9 Å². The molecule has 1 saturated carbocycles. The van der Waals surface area contributed by atoms with Crippen molar-refractivity contribution in [2.75, 3.05) is 0 Å². The van der Waals surface area contributed by atoms with E-state index in [1.807, 2.05) is 13.0 Å². The lowest BCUT2D eigenvalue weighted by Gasteiger charge is -2.37. The number of halogens is 1. The van der Waals surface area contributed by atoms with Gasteiger partial charge in [0.15, 0.2) is 0 Å². The van der Waals surface area contributed by atoms with Crippen molar-refractivity contribution in [3.8, 4) is 0 Å². The molecule has 0 radical (unpaired) electrons. The van der Waals surface area contributed by atoms with E-state index in [1.165, 1.54) is 0 Å². The van der Waals surface area contributed by atoms with Gasteiger partial charge in [-0.3, -0.25) is 9.78 Å². The van der Waals surface area contributed by atoms with Crippen molar-refractivity contribution in [1.82, 2.24) is 4.98 Å². The number of carboxylic acids is 1. The predicted octanol–water partition coefficient (Wildman–Crippen LogP) is 2.66. The van der Waals surface area contributed by atoms with E-state index in [9.17, 15) is 9.90 Å². The summed E-state index contributed by atoms with van der Waals surface area (Å²) in [6.07, 6.45) is 4.06. The lowest BCUT2D eigenvalue weighted by molar-refractivity contribution is -0.147. The summed E-state index contributed by atoms with van der Waals surface area (Å²) in [5.41, 5.74) is 0.959. The quantitative estimate of drug-likeness (QED) is 0.898. The van der Waals surface area contributed by atoms with Crippen molar-refractivity contribution in [2.45, 2.75) is 31.6 Å². The summed E-state index contributed by atoms with van der Waals surface area (Å²) >= 11 is 3.33. The first-order valence-corrected chi connectivity index (χ1v) is 5.71. The van der Waals surface area contributed by atoms with Crippen LogP contribution in [-0.4, -0.2) is 16.1 Å². The SMILES string of the molecule is Cc1cc(Br)cnc1C1(C(=O)O)CCC1. The minimum atomic E-state index is -0.744. The fraction of sp³-hybridized carbons (Fsp3) is 0.455. The van der Waals surface area contributed by atoms with Gasteiger partial charge in [-0.25, -0.2) is 0 Å². The van der Waals surface area contributed by atoms with Crippen LogP contribution in [0.1, 0.15) is 30.5 Å². The monoisotopic (exact) mass is 269 g/mol. The molecular formula is C11H12BrNO2. The maximum absolute atomic E-state index is 11.3. The maximum atomic E-state index is 11.3. The molecule has 0 aliphatic heterocycles. The Morgan fingerprint density at radius 3 is 2.67 bits per heavy atom. The first kappa shape index (κ1) is 10.6. The minimum absolute atomic E-state index is 0.706. The van der Waals surface area contributed by atoms with Crippen molar-refractivity contribution in [3.63, 3.8) is 0 Å². The second-order valence-electron chi connectivity index (χ2n) is 4.06. The van der Waals surface area contributed by atoms with Gasteiger partial charge >= 0.3 is 5.97 Å². The van der Waals surface area contributed by atoms with Gasteiger partial charge in [-0.05, 0) is 47.3 Å². The Hall–Kier alpha value is -0.900. The van der Waals surface area contributed by atoms with E-state index in [4.69, 9.17) is 0 Å². The lowest BCUT2D eigenvalue weighted by Crippen LogP contribution is -2.43. The molecule has 0 saturated heterocycles. The van der Waals surface area contributed by atoms with Crippen molar-refractivity contribution >= 4 is 21.9 Å². The second kappa shape index (κ2) is 3.59. The van der Waals surface area contributed by atoms with E-state index in [2.05, 4.69) is 20.9 Å². The Bertz CT molecular complexity index is 413. The van der Waals surface area contributed by atoms with E-state index in [0.717, 1.165) is 22.2 Å². The summed E-state index contributed by atoms with van der Waals surface area (Å²) in [5.74, 6) is -0.744. The van der Waals surface area contributed by atoms with Gasteiger partial charge in [0, 0.05) is 10.7 Å². The number of carboxylic acid groups (broad SMARTS) is 1. The third-order valence-corrected chi connectivity index (χ3v) is 3.55. The second-order valence-corrected chi connectivity index (χ2v) is 4.98. The van der Waals surface area contributed by atoms with E-state index < -0.39 is 11.4 Å². The number of pyridine rings is 1. The molecule has 1 N–H and O–H groups in total. The highest BCUT2D eigenvalue weighted by atomic mass is 79.9. The van der Waals surface area contributed by atoms with Crippen molar-refractivity contribution in [1.29, 1.82) is 0 Å². The zero-order valence-corrected chi connectivity index (χ0v) is 10.0. The molecule has 1 fully saturated rings. The number of hydrogen-bond donors (Lipinski definition) is 1. The number of aromatic nitrogens is 1. The minimum Gasteiger partial charge on any atom is -0.481 e. The highest BCUT2D eigenvalue weighted by Gasteiger charge is 2.47. The van der Waals surface area contributed by atoms with E-state index >= 15 is 0 Å². The van der Waals surface area contributed by atoms with E-state index in [-0.39, 0.29) is 0 Å². The van der Waals surface area contributed by atoms with Crippen LogP contribution in [-0.2, 0) is 10.2 Å². The van der Waals surface area contributed by atoms with Crippen LogP contribution < -0.4 is 0 Å². The van der Waals surface area contributed by atoms with Gasteiger partial charge in [0.2, 0.25) is 0 Å². The molecule has 1 aliphatic carbocycles. The Morgan fingerprint density at radius 2 is 2.27 bits per heavy atom. The molecule has 2 rings (SSSR count). The Kier molecular flexibility index (Phi) is 2.54. The van der Waals surface area contributed by atoms with Crippen LogP contribution in [0.15, 0.2) is 16.7 Å². The van der Waals surface area contributed by atoms with Crippen LogP contribution in [0.5, 0.6) is 0 Å². The molecule has 0 unspecified atom stereocenters. The van der Waals surface area contributed by atoms with Crippen molar-refractivity contribution < 1.29 is 9.90 Å². The molecule has 1 heterocycles.